The highest BCUT2D eigenvalue weighted by atomic mass is 16.6. The number of aromatic carboxylic acids is 1. The minimum absolute atomic E-state index is 0.0994. The molecule has 1 aromatic rings. The number of aromatic nitrogens is 1. The molecule has 9 heteroatoms. The Bertz CT molecular complexity index is 786. The van der Waals surface area contributed by atoms with Gasteiger partial charge in [0.1, 0.15) is 29.3 Å². The average Bonchev–Trinajstić information content (AvgIpc) is 3.19. The number of nitrogens with zero attached hydrogens (tertiary/aromatic N) is 3. The first-order chi connectivity index (χ1) is 14.1. The second-order valence-corrected chi connectivity index (χ2v) is 8.85. The van der Waals surface area contributed by atoms with Crippen LogP contribution in [0.5, 0.6) is 5.75 Å². The van der Waals surface area contributed by atoms with E-state index in [9.17, 15) is 14.7 Å². The molecule has 2 fully saturated rings. The lowest BCUT2D eigenvalue weighted by atomic mass is 10.2. The number of nitrogens with one attached hydrogen (secondary N) is 1. The van der Waals surface area contributed by atoms with E-state index in [1.807, 2.05) is 32.6 Å². The fraction of sp³-hybridized carbons (Fsp3) is 0.667. The second-order valence-electron chi connectivity index (χ2n) is 8.85. The molecule has 0 aromatic carbocycles. The van der Waals surface area contributed by atoms with Crippen LogP contribution in [0.4, 0.5) is 10.6 Å². The molecule has 2 aliphatic rings. The van der Waals surface area contributed by atoms with E-state index in [4.69, 9.17) is 9.47 Å². The molecule has 1 aromatic heterocycles. The summed E-state index contributed by atoms with van der Waals surface area (Å²) in [4.78, 5) is 32.5. The van der Waals surface area contributed by atoms with E-state index in [0.717, 1.165) is 25.9 Å². The van der Waals surface area contributed by atoms with Crippen molar-refractivity contribution in [1.82, 2.24) is 15.2 Å². The zero-order chi connectivity index (χ0) is 21.9. The molecule has 0 saturated carbocycles. The topological polar surface area (TPSA) is 104 Å². The summed E-state index contributed by atoms with van der Waals surface area (Å²) in [5.74, 6) is -0.263. The van der Waals surface area contributed by atoms with Crippen LogP contribution in [0.25, 0.3) is 0 Å². The van der Waals surface area contributed by atoms with E-state index in [1.165, 1.54) is 0 Å². The number of rotatable bonds is 5. The molecule has 3 rings (SSSR count). The molecule has 166 valence electrons. The maximum Gasteiger partial charge on any atom is 0.410 e. The van der Waals surface area contributed by atoms with Gasteiger partial charge >= 0.3 is 12.1 Å². The Kier molecular flexibility index (Phi) is 6.70. The standard InChI is InChI=1S/C21H32N4O5/c1-14-11-16(17(19(26)27)18(23-14)24-8-5-6-9-24)29-13-15-12-25(10-7-22-15)20(28)30-21(2,3)4/h11,15,22H,5-10,12-13H2,1-4H3,(H,26,27)/t15-/m1/s1. The predicted molar refractivity (Wildman–Crippen MR) is 112 cm³/mol. The van der Waals surface area contributed by atoms with Crippen LogP contribution in [0.15, 0.2) is 6.07 Å². The highest BCUT2D eigenvalue weighted by Crippen LogP contribution is 2.31. The van der Waals surface area contributed by atoms with Crippen molar-refractivity contribution in [2.24, 2.45) is 0 Å². The average molecular weight is 421 g/mol. The van der Waals surface area contributed by atoms with Crippen molar-refractivity contribution in [3.05, 3.63) is 17.3 Å². The van der Waals surface area contributed by atoms with Crippen molar-refractivity contribution in [1.29, 1.82) is 0 Å². The number of hydrogen-bond donors (Lipinski definition) is 2. The number of ether oxygens (including phenoxy) is 2. The third kappa shape index (κ3) is 5.53. The molecule has 0 spiro atoms. The molecule has 1 atom stereocenters. The molecule has 0 aliphatic carbocycles. The van der Waals surface area contributed by atoms with Crippen LogP contribution >= 0.6 is 0 Å². The molecule has 2 N–H and O–H groups in total. The Labute approximate surface area is 177 Å². The van der Waals surface area contributed by atoms with Crippen LogP contribution in [0.3, 0.4) is 0 Å². The van der Waals surface area contributed by atoms with Gasteiger partial charge in [-0.1, -0.05) is 0 Å². The Morgan fingerprint density at radius 2 is 1.97 bits per heavy atom. The summed E-state index contributed by atoms with van der Waals surface area (Å²) >= 11 is 0. The lowest BCUT2D eigenvalue weighted by Gasteiger charge is -2.34. The van der Waals surface area contributed by atoms with Crippen LogP contribution < -0.4 is 15.0 Å². The highest BCUT2D eigenvalue weighted by Gasteiger charge is 2.29. The molecule has 3 heterocycles. The molecule has 2 saturated heterocycles. The van der Waals surface area contributed by atoms with Gasteiger partial charge < -0.3 is 29.7 Å². The van der Waals surface area contributed by atoms with E-state index in [2.05, 4.69) is 10.3 Å². The van der Waals surface area contributed by atoms with E-state index < -0.39 is 11.6 Å². The summed E-state index contributed by atoms with van der Waals surface area (Å²) in [5.41, 5.74) is 0.261. The van der Waals surface area contributed by atoms with Crippen molar-refractivity contribution in [2.45, 2.75) is 52.2 Å². The number of pyridine rings is 1. The summed E-state index contributed by atoms with van der Waals surface area (Å²) in [5, 5.41) is 13.1. The summed E-state index contributed by atoms with van der Waals surface area (Å²) < 4.78 is 11.4. The van der Waals surface area contributed by atoms with Crippen molar-refractivity contribution >= 4 is 17.9 Å². The first-order valence-corrected chi connectivity index (χ1v) is 10.5. The zero-order valence-corrected chi connectivity index (χ0v) is 18.2. The monoisotopic (exact) mass is 420 g/mol. The second kappa shape index (κ2) is 9.07. The number of hydrogen-bond acceptors (Lipinski definition) is 7. The van der Waals surface area contributed by atoms with Gasteiger partial charge in [0.15, 0.2) is 0 Å². The molecule has 2 aliphatic heterocycles. The number of amides is 1. The summed E-state index contributed by atoms with van der Waals surface area (Å²) in [6.45, 7) is 10.8. The molecule has 9 nitrogen and oxygen atoms in total. The van der Waals surface area contributed by atoms with E-state index in [0.29, 0.717) is 36.9 Å². The fourth-order valence-electron chi connectivity index (χ4n) is 3.72. The largest absolute Gasteiger partial charge is 0.491 e. The Morgan fingerprint density at radius 1 is 1.27 bits per heavy atom. The van der Waals surface area contributed by atoms with Gasteiger partial charge in [0.25, 0.3) is 0 Å². The van der Waals surface area contributed by atoms with E-state index in [-0.39, 0.29) is 24.3 Å². The molecule has 30 heavy (non-hydrogen) atoms. The summed E-state index contributed by atoms with van der Waals surface area (Å²) in [6.07, 6.45) is 1.70. The normalized spacial score (nSPS) is 19.7. The Hall–Kier alpha value is -2.55. The van der Waals surface area contributed by atoms with Gasteiger partial charge in [-0.3, -0.25) is 0 Å². The van der Waals surface area contributed by atoms with Gasteiger partial charge in [-0.05, 0) is 40.5 Å². The molecule has 1 amide bonds. The SMILES string of the molecule is Cc1cc(OC[C@H]2CN(C(=O)OC(C)(C)C)CCN2)c(C(=O)O)c(N2CCCC2)n1. The van der Waals surface area contributed by atoms with Gasteiger partial charge in [0.2, 0.25) is 0 Å². The highest BCUT2D eigenvalue weighted by molar-refractivity contribution is 5.96. The zero-order valence-electron chi connectivity index (χ0n) is 18.2. The van der Waals surface area contributed by atoms with Crippen molar-refractivity contribution in [2.75, 3.05) is 44.2 Å². The fourth-order valence-corrected chi connectivity index (χ4v) is 3.72. The van der Waals surface area contributed by atoms with Crippen molar-refractivity contribution < 1.29 is 24.2 Å². The maximum absolute atomic E-state index is 12.4. The maximum atomic E-state index is 12.4. The lowest BCUT2D eigenvalue weighted by Crippen LogP contribution is -2.55. The number of carboxylic acids is 1. The number of aryl methyl sites for hydroxylation is 1. The van der Waals surface area contributed by atoms with Crippen LogP contribution in [-0.2, 0) is 4.74 Å². The van der Waals surface area contributed by atoms with Crippen LogP contribution in [-0.4, -0.2) is 78.0 Å². The van der Waals surface area contributed by atoms with Gasteiger partial charge in [-0.2, -0.15) is 0 Å². The molecular formula is C21H32N4O5. The lowest BCUT2D eigenvalue weighted by molar-refractivity contribution is 0.0178. The van der Waals surface area contributed by atoms with Crippen LogP contribution in [0.1, 0.15) is 49.7 Å². The summed E-state index contributed by atoms with van der Waals surface area (Å²) in [6, 6.07) is 1.54. The summed E-state index contributed by atoms with van der Waals surface area (Å²) in [7, 11) is 0. The van der Waals surface area contributed by atoms with E-state index in [1.54, 1.807) is 11.0 Å². The smallest absolute Gasteiger partial charge is 0.410 e. The number of carbonyl (C=O) groups excluding carboxylic acids is 1. The van der Waals surface area contributed by atoms with E-state index >= 15 is 0 Å². The van der Waals surface area contributed by atoms with Crippen molar-refractivity contribution in [3.63, 3.8) is 0 Å². The number of anilines is 1. The van der Waals surface area contributed by atoms with Gasteiger partial charge in [-0.25, -0.2) is 14.6 Å². The predicted octanol–water partition coefficient (Wildman–Crippen LogP) is 2.28. The molecule has 0 radical (unpaired) electrons. The number of carbonyl (C=O) groups is 2. The first kappa shape index (κ1) is 22.1. The molecule has 0 bridgehead atoms. The minimum atomic E-state index is -1.05. The van der Waals surface area contributed by atoms with Gasteiger partial charge in [0.05, 0.1) is 6.04 Å². The van der Waals surface area contributed by atoms with Crippen LogP contribution in [0.2, 0.25) is 0 Å². The number of piperazine rings is 1. The minimum Gasteiger partial charge on any atom is -0.491 e. The number of carboxylic acid groups (broad SMARTS) is 1. The third-order valence-electron chi connectivity index (χ3n) is 5.06. The Balaban J connectivity index is 1.70. The first-order valence-electron chi connectivity index (χ1n) is 10.5. The van der Waals surface area contributed by atoms with Gasteiger partial charge in [-0.15, -0.1) is 0 Å². The van der Waals surface area contributed by atoms with Crippen molar-refractivity contribution in [3.8, 4) is 5.75 Å². The van der Waals surface area contributed by atoms with Crippen LogP contribution in [0, 0.1) is 6.92 Å². The molecular weight excluding hydrogens is 388 g/mol. The quantitative estimate of drug-likeness (QED) is 0.748. The third-order valence-corrected chi connectivity index (χ3v) is 5.06. The Morgan fingerprint density at radius 3 is 2.60 bits per heavy atom. The molecule has 0 unspecified atom stereocenters. The van der Waals surface area contributed by atoms with Gasteiger partial charge in [0, 0.05) is 44.5 Å².